The summed E-state index contributed by atoms with van der Waals surface area (Å²) >= 11 is 0. The minimum atomic E-state index is -0.911. The van der Waals surface area contributed by atoms with E-state index in [9.17, 15) is 9.18 Å². The summed E-state index contributed by atoms with van der Waals surface area (Å²) in [5.41, 5.74) is 4.83. The highest BCUT2D eigenvalue weighted by molar-refractivity contribution is 5.94. The number of anilines is 1. The lowest BCUT2D eigenvalue weighted by molar-refractivity contribution is 0.0595. The van der Waals surface area contributed by atoms with E-state index in [2.05, 4.69) is 4.74 Å². The molecule has 1 aromatic rings. The molecule has 0 fully saturated rings. The van der Waals surface area contributed by atoms with Crippen molar-refractivity contribution in [1.29, 1.82) is 5.26 Å². The first-order valence-corrected chi connectivity index (χ1v) is 3.68. The van der Waals surface area contributed by atoms with Crippen LogP contribution in [0.15, 0.2) is 12.1 Å². The summed E-state index contributed by atoms with van der Waals surface area (Å²) in [6, 6.07) is 3.89. The van der Waals surface area contributed by atoms with Gasteiger partial charge >= 0.3 is 5.97 Å². The normalized spacial score (nSPS) is 9.21. The summed E-state index contributed by atoms with van der Waals surface area (Å²) in [5, 5.41) is 8.66. The first-order valence-electron chi connectivity index (χ1n) is 3.68. The maximum Gasteiger partial charge on any atom is 0.342 e. The standard InChI is InChI=1S/C9H7FN2O2/c1-14-9(13)8-5(4-11)7(12)3-2-6(8)10/h2-3H,12H2,1H3. The third-order valence-electron chi connectivity index (χ3n) is 1.69. The van der Waals surface area contributed by atoms with Crippen molar-refractivity contribution in [1.82, 2.24) is 0 Å². The van der Waals surface area contributed by atoms with E-state index in [0.717, 1.165) is 13.2 Å². The first-order chi connectivity index (χ1) is 6.61. The molecule has 0 saturated carbocycles. The highest BCUT2D eigenvalue weighted by Crippen LogP contribution is 2.20. The van der Waals surface area contributed by atoms with Gasteiger partial charge in [0.05, 0.1) is 18.4 Å². The average molecular weight is 194 g/mol. The third-order valence-corrected chi connectivity index (χ3v) is 1.69. The number of halogens is 1. The van der Waals surface area contributed by atoms with Gasteiger partial charge in [-0.3, -0.25) is 0 Å². The van der Waals surface area contributed by atoms with Crippen LogP contribution in [-0.4, -0.2) is 13.1 Å². The summed E-state index contributed by atoms with van der Waals surface area (Å²) in [7, 11) is 1.10. The largest absolute Gasteiger partial charge is 0.465 e. The van der Waals surface area contributed by atoms with Gasteiger partial charge in [-0.1, -0.05) is 0 Å². The molecule has 0 atom stereocenters. The van der Waals surface area contributed by atoms with Crippen molar-refractivity contribution in [2.24, 2.45) is 0 Å². The van der Waals surface area contributed by atoms with Gasteiger partial charge in [0.25, 0.3) is 0 Å². The molecule has 14 heavy (non-hydrogen) atoms. The van der Waals surface area contributed by atoms with Crippen LogP contribution < -0.4 is 5.73 Å². The highest BCUT2D eigenvalue weighted by Gasteiger charge is 2.19. The molecule has 0 aliphatic rings. The minimum absolute atomic E-state index is 0.0503. The van der Waals surface area contributed by atoms with Crippen LogP contribution in [0.5, 0.6) is 0 Å². The Kier molecular flexibility index (Phi) is 2.67. The van der Waals surface area contributed by atoms with Crippen LogP contribution in [0, 0.1) is 17.1 Å². The lowest BCUT2D eigenvalue weighted by atomic mass is 10.1. The summed E-state index contributed by atoms with van der Waals surface area (Å²) in [6.45, 7) is 0. The zero-order chi connectivity index (χ0) is 10.7. The van der Waals surface area contributed by atoms with E-state index in [4.69, 9.17) is 11.0 Å². The number of nitriles is 1. The van der Waals surface area contributed by atoms with Gasteiger partial charge in [-0.15, -0.1) is 0 Å². The summed E-state index contributed by atoms with van der Waals surface area (Å²) in [6.07, 6.45) is 0. The summed E-state index contributed by atoms with van der Waals surface area (Å²) in [4.78, 5) is 11.1. The van der Waals surface area contributed by atoms with Gasteiger partial charge in [0.15, 0.2) is 0 Å². The Morgan fingerprint density at radius 1 is 1.64 bits per heavy atom. The number of rotatable bonds is 1. The molecule has 0 spiro atoms. The molecule has 2 N–H and O–H groups in total. The Balaban J connectivity index is 3.47. The molecule has 1 aromatic carbocycles. The second-order valence-electron chi connectivity index (χ2n) is 2.49. The maximum atomic E-state index is 13.1. The molecule has 0 radical (unpaired) electrons. The van der Waals surface area contributed by atoms with Crippen molar-refractivity contribution in [3.8, 4) is 6.07 Å². The van der Waals surface area contributed by atoms with E-state index < -0.39 is 17.3 Å². The number of carbonyl (C=O) groups excluding carboxylic acids is 1. The van der Waals surface area contributed by atoms with E-state index in [1.165, 1.54) is 6.07 Å². The molecule has 0 heterocycles. The van der Waals surface area contributed by atoms with Crippen molar-refractivity contribution in [3.63, 3.8) is 0 Å². The van der Waals surface area contributed by atoms with Crippen molar-refractivity contribution in [2.45, 2.75) is 0 Å². The smallest absolute Gasteiger partial charge is 0.342 e. The number of benzene rings is 1. The minimum Gasteiger partial charge on any atom is -0.465 e. The second kappa shape index (κ2) is 3.75. The van der Waals surface area contributed by atoms with Gasteiger partial charge in [-0.05, 0) is 12.1 Å². The highest BCUT2D eigenvalue weighted by atomic mass is 19.1. The summed E-state index contributed by atoms with van der Waals surface area (Å²) in [5.74, 6) is -1.73. The SMILES string of the molecule is COC(=O)c1c(F)ccc(N)c1C#N. The molecule has 4 nitrogen and oxygen atoms in total. The van der Waals surface area contributed by atoms with Crippen LogP contribution in [0.3, 0.4) is 0 Å². The number of nitrogens with two attached hydrogens (primary N) is 1. The Bertz CT molecular complexity index is 424. The van der Waals surface area contributed by atoms with Crippen LogP contribution in [0.1, 0.15) is 15.9 Å². The number of carbonyl (C=O) groups is 1. The molecule has 1 rings (SSSR count). The molecular weight excluding hydrogens is 187 g/mol. The monoisotopic (exact) mass is 194 g/mol. The first kappa shape index (κ1) is 9.99. The van der Waals surface area contributed by atoms with E-state index in [-0.39, 0.29) is 11.3 Å². The van der Waals surface area contributed by atoms with Crippen LogP contribution in [-0.2, 0) is 4.74 Å². The van der Waals surface area contributed by atoms with Crippen LogP contribution in [0.2, 0.25) is 0 Å². The van der Waals surface area contributed by atoms with E-state index in [1.807, 2.05) is 0 Å². The van der Waals surface area contributed by atoms with E-state index in [1.54, 1.807) is 6.07 Å². The number of nitrogen functional groups attached to an aromatic ring is 1. The van der Waals surface area contributed by atoms with E-state index in [0.29, 0.717) is 0 Å². The van der Waals surface area contributed by atoms with Crippen LogP contribution in [0.25, 0.3) is 0 Å². The van der Waals surface area contributed by atoms with Gasteiger partial charge in [0, 0.05) is 0 Å². The number of hydrogen-bond donors (Lipinski definition) is 1. The average Bonchev–Trinajstić information content (AvgIpc) is 2.19. The number of nitrogens with zero attached hydrogens (tertiary/aromatic N) is 1. The number of hydrogen-bond acceptors (Lipinski definition) is 4. The molecule has 0 aliphatic carbocycles. The molecule has 0 unspecified atom stereocenters. The fraction of sp³-hybridized carbons (Fsp3) is 0.111. The van der Waals surface area contributed by atoms with Gasteiger partial charge in [-0.25, -0.2) is 9.18 Å². The van der Waals surface area contributed by atoms with Gasteiger partial charge in [0.1, 0.15) is 17.4 Å². The Labute approximate surface area is 79.7 Å². The van der Waals surface area contributed by atoms with Crippen molar-refractivity contribution < 1.29 is 13.9 Å². The molecule has 0 aromatic heterocycles. The third kappa shape index (κ3) is 1.50. The maximum absolute atomic E-state index is 13.1. The van der Waals surface area contributed by atoms with Crippen LogP contribution in [0.4, 0.5) is 10.1 Å². The number of ether oxygens (including phenoxy) is 1. The van der Waals surface area contributed by atoms with Crippen molar-refractivity contribution in [2.75, 3.05) is 12.8 Å². The topological polar surface area (TPSA) is 76.1 Å². The zero-order valence-electron chi connectivity index (χ0n) is 7.37. The molecule has 72 valence electrons. The zero-order valence-corrected chi connectivity index (χ0v) is 7.37. The van der Waals surface area contributed by atoms with Crippen LogP contribution >= 0.6 is 0 Å². The Hall–Kier alpha value is -2.09. The lowest BCUT2D eigenvalue weighted by Crippen LogP contribution is -2.09. The number of esters is 1. The molecular formula is C9H7FN2O2. The quantitative estimate of drug-likeness (QED) is 0.535. The van der Waals surface area contributed by atoms with Crippen molar-refractivity contribution in [3.05, 3.63) is 29.1 Å². The predicted molar refractivity (Wildman–Crippen MR) is 46.9 cm³/mol. The molecule has 0 amide bonds. The van der Waals surface area contributed by atoms with Gasteiger partial charge < -0.3 is 10.5 Å². The Morgan fingerprint density at radius 3 is 2.79 bits per heavy atom. The lowest BCUT2D eigenvalue weighted by Gasteiger charge is -2.05. The fourth-order valence-electron chi connectivity index (χ4n) is 1.02. The summed E-state index contributed by atoms with van der Waals surface area (Å²) < 4.78 is 17.5. The second-order valence-corrected chi connectivity index (χ2v) is 2.49. The predicted octanol–water partition coefficient (Wildman–Crippen LogP) is 1.07. The molecule has 0 bridgehead atoms. The van der Waals surface area contributed by atoms with Crippen molar-refractivity contribution >= 4 is 11.7 Å². The number of methoxy groups -OCH3 is 1. The molecule has 5 heteroatoms. The molecule has 0 saturated heterocycles. The van der Waals surface area contributed by atoms with Gasteiger partial charge in [0.2, 0.25) is 0 Å². The fourth-order valence-corrected chi connectivity index (χ4v) is 1.02. The molecule has 0 aliphatic heterocycles. The Morgan fingerprint density at radius 2 is 2.29 bits per heavy atom. The van der Waals surface area contributed by atoms with E-state index >= 15 is 0 Å². The van der Waals surface area contributed by atoms with Gasteiger partial charge in [-0.2, -0.15) is 5.26 Å².